The molecule has 2 heteroatoms. The molecule has 1 unspecified atom stereocenters. The van der Waals surface area contributed by atoms with Gasteiger partial charge in [0, 0.05) is 11.1 Å². The first-order chi connectivity index (χ1) is 8.25. The highest BCUT2D eigenvalue weighted by molar-refractivity contribution is 6.30. The Labute approximate surface area is 109 Å². The molecule has 0 spiro atoms. The zero-order valence-corrected chi connectivity index (χ0v) is 11.1. The lowest BCUT2D eigenvalue weighted by Crippen LogP contribution is -2.26. The van der Waals surface area contributed by atoms with Crippen LogP contribution in [0.15, 0.2) is 36.4 Å². The van der Waals surface area contributed by atoms with Crippen LogP contribution in [-0.4, -0.2) is 6.54 Å². The fourth-order valence-electron chi connectivity index (χ4n) is 2.28. The summed E-state index contributed by atoms with van der Waals surface area (Å²) in [6.07, 6.45) is 8.36. The van der Waals surface area contributed by atoms with E-state index in [0.29, 0.717) is 6.04 Å². The maximum absolute atomic E-state index is 6.00. The third kappa shape index (κ3) is 3.86. The van der Waals surface area contributed by atoms with Crippen LogP contribution < -0.4 is 5.32 Å². The highest BCUT2D eigenvalue weighted by Crippen LogP contribution is 2.20. The van der Waals surface area contributed by atoms with Crippen LogP contribution in [0.3, 0.4) is 0 Å². The monoisotopic (exact) mass is 249 g/mol. The molecular weight excluding hydrogens is 230 g/mol. The van der Waals surface area contributed by atoms with E-state index in [0.717, 1.165) is 17.5 Å². The van der Waals surface area contributed by atoms with E-state index in [2.05, 4.69) is 30.5 Å². The Balaban J connectivity index is 1.84. The smallest absolute Gasteiger partial charge is 0.0409 e. The maximum Gasteiger partial charge on any atom is 0.0409 e. The molecule has 1 aromatic carbocycles. The summed E-state index contributed by atoms with van der Waals surface area (Å²) in [5.74, 6) is 0.793. The number of rotatable bonds is 4. The van der Waals surface area contributed by atoms with Gasteiger partial charge in [0.1, 0.15) is 0 Å². The van der Waals surface area contributed by atoms with Crippen LogP contribution >= 0.6 is 11.6 Å². The molecule has 0 saturated heterocycles. The van der Waals surface area contributed by atoms with Crippen molar-refractivity contribution in [2.45, 2.75) is 32.2 Å². The summed E-state index contributed by atoms with van der Waals surface area (Å²) in [5.41, 5.74) is 1.27. The SMILES string of the molecule is C[C@H](NCC1CC=CCC1)c1cccc(Cl)c1. The molecule has 92 valence electrons. The molecule has 2 rings (SSSR count). The first-order valence-corrected chi connectivity index (χ1v) is 6.77. The minimum Gasteiger partial charge on any atom is -0.310 e. The van der Waals surface area contributed by atoms with Crippen LogP contribution in [0.2, 0.25) is 5.02 Å². The molecule has 1 aliphatic carbocycles. The van der Waals surface area contributed by atoms with Crippen LogP contribution in [0.1, 0.15) is 37.8 Å². The topological polar surface area (TPSA) is 12.0 Å². The minimum atomic E-state index is 0.375. The van der Waals surface area contributed by atoms with E-state index in [1.165, 1.54) is 24.8 Å². The number of nitrogens with one attached hydrogen (secondary N) is 1. The summed E-state index contributed by atoms with van der Waals surface area (Å²) in [6, 6.07) is 8.48. The van der Waals surface area contributed by atoms with Gasteiger partial charge < -0.3 is 5.32 Å². The average molecular weight is 250 g/mol. The Kier molecular flexibility index (Phi) is 4.64. The van der Waals surface area contributed by atoms with Gasteiger partial charge in [0.15, 0.2) is 0 Å². The standard InChI is InChI=1S/C15H20ClN/c1-12(14-8-5-9-15(16)10-14)17-11-13-6-3-2-4-7-13/h2-3,5,8-10,12-13,17H,4,6-7,11H2,1H3/t12-,13?/m0/s1. The van der Waals surface area contributed by atoms with E-state index >= 15 is 0 Å². The van der Waals surface area contributed by atoms with Crippen molar-refractivity contribution >= 4 is 11.6 Å². The molecule has 0 heterocycles. The van der Waals surface area contributed by atoms with Crippen molar-refractivity contribution in [1.29, 1.82) is 0 Å². The minimum absolute atomic E-state index is 0.375. The van der Waals surface area contributed by atoms with Crippen LogP contribution in [0, 0.1) is 5.92 Å². The third-order valence-corrected chi connectivity index (χ3v) is 3.67. The fraction of sp³-hybridized carbons (Fsp3) is 0.467. The largest absolute Gasteiger partial charge is 0.310 e. The maximum atomic E-state index is 6.00. The van der Waals surface area contributed by atoms with Crippen LogP contribution in [0.5, 0.6) is 0 Å². The van der Waals surface area contributed by atoms with Gasteiger partial charge in [0.05, 0.1) is 0 Å². The molecule has 17 heavy (non-hydrogen) atoms. The van der Waals surface area contributed by atoms with Gasteiger partial charge in [-0.3, -0.25) is 0 Å². The van der Waals surface area contributed by atoms with Crippen molar-refractivity contribution < 1.29 is 0 Å². The van der Waals surface area contributed by atoms with Gasteiger partial charge in [-0.05, 0) is 56.3 Å². The molecule has 0 aromatic heterocycles. The Hall–Kier alpha value is -0.790. The Morgan fingerprint density at radius 3 is 3.00 bits per heavy atom. The van der Waals surface area contributed by atoms with Gasteiger partial charge >= 0.3 is 0 Å². The predicted octanol–water partition coefficient (Wildman–Crippen LogP) is 4.35. The Morgan fingerprint density at radius 2 is 2.29 bits per heavy atom. The number of allylic oxidation sites excluding steroid dienone is 2. The number of halogens is 1. The Bertz CT molecular complexity index is 386. The van der Waals surface area contributed by atoms with Crippen molar-refractivity contribution in [1.82, 2.24) is 5.32 Å². The molecule has 0 radical (unpaired) electrons. The summed E-state index contributed by atoms with van der Waals surface area (Å²) in [7, 11) is 0. The van der Waals surface area contributed by atoms with E-state index in [9.17, 15) is 0 Å². The number of hydrogen-bond acceptors (Lipinski definition) is 1. The van der Waals surface area contributed by atoms with Crippen molar-refractivity contribution in [3.63, 3.8) is 0 Å². The molecule has 0 amide bonds. The molecular formula is C15H20ClN. The highest BCUT2D eigenvalue weighted by Gasteiger charge is 2.12. The molecule has 2 atom stereocenters. The molecule has 1 aromatic rings. The first kappa shape index (κ1) is 12.7. The second kappa shape index (κ2) is 6.23. The van der Waals surface area contributed by atoms with E-state index in [4.69, 9.17) is 11.6 Å². The molecule has 0 saturated carbocycles. The summed E-state index contributed by atoms with van der Waals surface area (Å²) in [4.78, 5) is 0. The fourth-order valence-corrected chi connectivity index (χ4v) is 2.48. The van der Waals surface area contributed by atoms with Crippen LogP contribution in [0.4, 0.5) is 0 Å². The van der Waals surface area contributed by atoms with Gasteiger partial charge in [0.25, 0.3) is 0 Å². The van der Waals surface area contributed by atoms with Crippen LogP contribution in [-0.2, 0) is 0 Å². The Morgan fingerprint density at radius 1 is 1.41 bits per heavy atom. The lowest BCUT2D eigenvalue weighted by Gasteiger charge is -2.21. The highest BCUT2D eigenvalue weighted by atomic mass is 35.5. The molecule has 0 aliphatic heterocycles. The van der Waals surface area contributed by atoms with E-state index in [-0.39, 0.29) is 0 Å². The number of hydrogen-bond donors (Lipinski definition) is 1. The van der Waals surface area contributed by atoms with Crippen molar-refractivity contribution in [2.75, 3.05) is 6.54 Å². The number of benzene rings is 1. The van der Waals surface area contributed by atoms with Crippen molar-refractivity contribution in [3.05, 3.63) is 47.0 Å². The first-order valence-electron chi connectivity index (χ1n) is 6.39. The average Bonchev–Trinajstić information content (AvgIpc) is 2.37. The van der Waals surface area contributed by atoms with Gasteiger partial charge in [-0.1, -0.05) is 35.9 Å². The van der Waals surface area contributed by atoms with Gasteiger partial charge in [0.2, 0.25) is 0 Å². The van der Waals surface area contributed by atoms with Crippen molar-refractivity contribution in [3.8, 4) is 0 Å². The zero-order valence-electron chi connectivity index (χ0n) is 10.3. The quantitative estimate of drug-likeness (QED) is 0.783. The summed E-state index contributed by atoms with van der Waals surface area (Å²) in [6.45, 7) is 3.29. The molecule has 1 N–H and O–H groups in total. The predicted molar refractivity (Wildman–Crippen MR) is 74.4 cm³/mol. The van der Waals surface area contributed by atoms with E-state index in [1.807, 2.05) is 18.2 Å². The third-order valence-electron chi connectivity index (χ3n) is 3.44. The van der Waals surface area contributed by atoms with Gasteiger partial charge in [-0.25, -0.2) is 0 Å². The van der Waals surface area contributed by atoms with E-state index < -0.39 is 0 Å². The molecule has 0 bridgehead atoms. The lowest BCUT2D eigenvalue weighted by atomic mass is 9.94. The normalized spacial score (nSPS) is 21.4. The molecule has 1 nitrogen and oxygen atoms in total. The van der Waals surface area contributed by atoms with Gasteiger partial charge in [-0.15, -0.1) is 0 Å². The molecule has 1 aliphatic rings. The zero-order chi connectivity index (χ0) is 12.1. The van der Waals surface area contributed by atoms with Crippen molar-refractivity contribution in [2.24, 2.45) is 5.92 Å². The summed E-state index contributed by atoms with van der Waals surface area (Å²) in [5, 5.41) is 4.42. The van der Waals surface area contributed by atoms with E-state index in [1.54, 1.807) is 0 Å². The second-order valence-electron chi connectivity index (χ2n) is 4.84. The van der Waals surface area contributed by atoms with Gasteiger partial charge in [-0.2, -0.15) is 0 Å². The summed E-state index contributed by atoms with van der Waals surface area (Å²) < 4.78 is 0. The second-order valence-corrected chi connectivity index (χ2v) is 5.27. The van der Waals surface area contributed by atoms with Crippen LogP contribution in [0.25, 0.3) is 0 Å². The summed E-state index contributed by atoms with van der Waals surface area (Å²) >= 11 is 6.00. The molecule has 0 fully saturated rings. The lowest BCUT2D eigenvalue weighted by molar-refractivity contribution is 0.415.